The van der Waals surface area contributed by atoms with Gasteiger partial charge in [-0.15, -0.1) is 0 Å². The number of anilines is 1. The molecule has 0 aliphatic carbocycles. The number of benzene rings is 1. The summed E-state index contributed by atoms with van der Waals surface area (Å²) in [4.78, 5) is 13.8. The van der Waals surface area contributed by atoms with E-state index in [2.05, 4.69) is 6.07 Å². The van der Waals surface area contributed by atoms with Crippen molar-refractivity contribution in [2.24, 2.45) is 0 Å². The van der Waals surface area contributed by atoms with E-state index < -0.39 is 5.41 Å². The standard InChI is InChI=1S/C13H17NO2/c1-8-6-9-11(10(7-8)16-5)14(4)12(15)13(9,2)3/h6-7H,1-5H3. The van der Waals surface area contributed by atoms with E-state index in [-0.39, 0.29) is 5.91 Å². The number of methoxy groups -OCH3 is 1. The van der Waals surface area contributed by atoms with Gasteiger partial charge in [0.05, 0.1) is 18.2 Å². The number of nitrogens with zero attached hydrogens (tertiary/aromatic N) is 1. The van der Waals surface area contributed by atoms with Gasteiger partial charge in [-0.2, -0.15) is 0 Å². The summed E-state index contributed by atoms with van der Waals surface area (Å²) in [7, 11) is 3.44. The van der Waals surface area contributed by atoms with Crippen molar-refractivity contribution in [2.45, 2.75) is 26.2 Å². The molecule has 0 N–H and O–H groups in total. The van der Waals surface area contributed by atoms with Crippen molar-refractivity contribution in [3.8, 4) is 5.75 Å². The monoisotopic (exact) mass is 219 g/mol. The minimum absolute atomic E-state index is 0.117. The zero-order valence-electron chi connectivity index (χ0n) is 10.4. The van der Waals surface area contributed by atoms with Crippen molar-refractivity contribution >= 4 is 11.6 Å². The normalized spacial score (nSPS) is 17.6. The number of rotatable bonds is 1. The van der Waals surface area contributed by atoms with Gasteiger partial charge in [0, 0.05) is 7.05 Å². The fourth-order valence-electron chi connectivity index (χ4n) is 2.36. The molecule has 0 atom stereocenters. The molecule has 0 fully saturated rings. The van der Waals surface area contributed by atoms with Crippen LogP contribution in [0.3, 0.4) is 0 Å². The number of hydrogen-bond donors (Lipinski definition) is 0. The van der Waals surface area contributed by atoms with Crippen LogP contribution in [-0.2, 0) is 10.2 Å². The smallest absolute Gasteiger partial charge is 0.237 e. The van der Waals surface area contributed by atoms with Gasteiger partial charge in [0.2, 0.25) is 5.91 Å². The van der Waals surface area contributed by atoms with Crippen LogP contribution in [0.4, 0.5) is 5.69 Å². The third-order valence-electron chi connectivity index (χ3n) is 3.29. The van der Waals surface area contributed by atoms with Crippen LogP contribution < -0.4 is 9.64 Å². The SMILES string of the molecule is COc1cc(C)cc2c1N(C)C(=O)C2(C)C. The molecule has 16 heavy (non-hydrogen) atoms. The molecule has 1 amide bonds. The molecule has 0 saturated carbocycles. The van der Waals surface area contributed by atoms with Gasteiger partial charge < -0.3 is 9.64 Å². The first-order valence-corrected chi connectivity index (χ1v) is 5.37. The quantitative estimate of drug-likeness (QED) is 0.725. The minimum atomic E-state index is -0.455. The molecule has 86 valence electrons. The number of carbonyl (C=O) groups excluding carboxylic acids is 1. The van der Waals surface area contributed by atoms with E-state index in [1.165, 1.54) is 0 Å². The zero-order valence-corrected chi connectivity index (χ0v) is 10.4. The Morgan fingerprint density at radius 1 is 1.31 bits per heavy atom. The Morgan fingerprint density at radius 2 is 1.94 bits per heavy atom. The van der Waals surface area contributed by atoms with Crippen molar-refractivity contribution in [3.63, 3.8) is 0 Å². The van der Waals surface area contributed by atoms with Gasteiger partial charge in [-0.1, -0.05) is 6.07 Å². The maximum Gasteiger partial charge on any atom is 0.237 e. The molecule has 3 heteroatoms. The van der Waals surface area contributed by atoms with Crippen molar-refractivity contribution in [2.75, 3.05) is 19.1 Å². The molecule has 1 heterocycles. The van der Waals surface area contributed by atoms with E-state index in [4.69, 9.17) is 4.74 Å². The van der Waals surface area contributed by atoms with Gasteiger partial charge in [0.15, 0.2) is 0 Å². The van der Waals surface area contributed by atoms with Crippen LogP contribution in [0.1, 0.15) is 25.0 Å². The number of aryl methyl sites for hydroxylation is 1. The first-order chi connectivity index (χ1) is 7.39. The number of fused-ring (bicyclic) bond motifs is 1. The van der Waals surface area contributed by atoms with Crippen LogP contribution in [0, 0.1) is 6.92 Å². The summed E-state index contributed by atoms with van der Waals surface area (Å²) in [5.74, 6) is 0.892. The Kier molecular flexibility index (Phi) is 2.22. The van der Waals surface area contributed by atoms with E-state index in [0.29, 0.717) is 0 Å². The highest BCUT2D eigenvalue weighted by molar-refractivity contribution is 6.08. The molecule has 0 radical (unpaired) electrons. The van der Waals surface area contributed by atoms with Gasteiger partial charge in [-0.3, -0.25) is 4.79 Å². The fraction of sp³-hybridized carbons (Fsp3) is 0.462. The molecule has 3 nitrogen and oxygen atoms in total. The molecular weight excluding hydrogens is 202 g/mol. The highest BCUT2D eigenvalue weighted by Gasteiger charge is 2.43. The molecule has 0 saturated heterocycles. The van der Waals surface area contributed by atoms with Crippen LogP contribution in [0.2, 0.25) is 0 Å². The van der Waals surface area contributed by atoms with E-state index in [1.807, 2.05) is 26.8 Å². The summed E-state index contributed by atoms with van der Waals surface area (Å²) < 4.78 is 5.36. The molecule has 1 aliphatic rings. The highest BCUT2D eigenvalue weighted by atomic mass is 16.5. The minimum Gasteiger partial charge on any atom is -0.495 e. The Bertz CT molecular complexity index is 463. The fourth-order valence-corrected chi connectivity index (χ4v) is 2.36. The van der Waals surface area contributed by atoms with Crippen molar-refractivity contribution < 1.29 is 9.53 Å². The summed E-state index contributed by atoms with van der Waals surface area (Å²) in [6.07, 6.45) is 0. The van der Waals surface area contributed by atoms with E-state index >= 15 is 0 Å². The predicted octanol–water partition coefficient (Wildman–Crippen LogP) is 2.26. The summed E-state index contributed by atoms with van der Waals surface area (Å²) in [6.45, 7) is 5.93. The number of likely N-dealkylation sites (N-methyl/N-ethyl adjacent to an activating group) is 1. The van der Waals surface area contributed by atoms with E-state index in [0.717, 1.165) is 22.6 Å². The maximum atomic E-state index is 12.1. The topological polar surface area (TPSA) is 29.5 Å². The summed E-state index contributed by atoms with van der Waals surface area (Å²) in [5.41, 5.74) is 2.62. The molecule has 1 aliphatic heterocycles. The second kappa shape index (κ2) is 3.24. The Morgan fingerprint density at radius 3 is 2.50 bits per heavy atom. The van der Waals surface area contributed by atoms with Crippen LogP contribution in [0.25, 0.3) is 0 Å². The largest absolute Gasteiger partial charge is 0.495 e. The second-order valence-corrected chi connectivity index (χ2v) is 4.85. The van der Waals surface area contributed by atoms with Gasteiger partial charge in [-0.25, -0.2) is 0 Å². The number of ether oxygens (including phenoxy) is 1. The summed E-state index contributed by atoms with van der Waals surface area (Å²) in [6, 6.07) is 4.03. The number of hydrogen-bond acceptors (Lipinski definition) is 2. The molecular formula is C13H17NO2. The molecule has 0 unspecified atom stereocenters. The van der Waals surface area contributed by atoms with E-state index in [1.54, 1.807) is 19.1 Å². The van der Waals surface area contributed by atoms with Crippen molar-refractivity contribution in [1.29, 1.82) is 0 Å². The van der Waals surface area contributed by atoms with Crippen LogP contribution in [0.5, 0.6) is 5.75 Å². The third-order valence-corrected chi connectivity index (χ3v) is 3.29. The lowest BCUT2D eigenvalue weighted by Crippen LogP contribution is -2.33. The third kappa shape index (κ3) is 1.24. The van der Waals surface area contributed by atoms with Gasteiger partial charge >= 0.3 is 0 Å². The van der Waals surface area contributed by atoms with Gasteiger partial charge in [-0.05, 0) is 38.0 Å². The molecule has 1 aromatic carbocycles. The average molecular weight is 219 g/mol. The molecule has 1 aromatic rings. The molecule has 0 aromatic heterocycles. The Hall–Kier alpha value is -1.51. The van der Waals surface area contributed by atoms with Crippen LogP contribution in [0.15, 0.2) is 12.1 Å². The van der Waals surface area contributed by atoms with Crippen molar-refractivity contribution in [1.82, 2.24) is 0 Å². The summed E-state index contributed by atoms with van der Waals surface area (Å²) in [5, 5.41) is 0. The highest BCUT2D eigenvalue weighted by Crippen LogP contribution is 2.46. The molecule has 0 bridgehead atoms. The Labute approximate surface area is 96.0 Å². The first kappa shape index (κ1) is 11.0. The number of amides is 1. The van der Waals surface area contributed by atoms with Crippen LogP contribution in [-0.4, -0.2) is 20.1 Å². The molecule has 0 spiro atoms. The lowest BCUT2D eigenvalue weighted by molar-refractivity contribution is -0.121. The number of carbonyl (C=O) groups is 1. The second-order valence-electron chi connectivity index (χ2n) is 4.85. The van der Waals surface area contributed by atoms with E-state index in [9.17, 15) is 4.79 Å². The molecule has 2 rings (SSSR count). The Balaban J connectivity index is 2.75. The van der Waals surface area contributed by atoms with Gasteiger partial charge in [0.25, 0.3) is 0 Å². The van der Waals surface area contributed by atoms with Gasteiger partial charge in [0.1, 0.15) is 5.75 Å². The van der Waals surface area contributed by atoms with Crippen molar-refractivity contribution in [3.05, 3.63) is 23.3 Å². The van der Waals surface area contributed by atoms with Crippen LogP contribution >= 0.6 is 0 Å². The predicted molar refractivity (Wildman–Crippen MR) is 64.2 cm³/mol. The lowest BCUT2D eigenvalue weighted by atomic mass is 9.85. The summed E-state index contributed by atoms with van der Waals surface area (Å²) >= 11 is 0. The average Bonchev–Trinajstić information content (AvgIpc) is 2.40. The first-order valence-electron chi connectivity index (χ1n) is 5.37. The lowest BCUT2D eigenvalue weighted by Gasteiger charge is -2.16. The zero-order chi connectivity index (χ0) is 12.1. The maximum absolute atomic E-state index is 12.1.